The summed E-state index contributed by atoms with van der Waals surface area (Å²) in [7, 11) is 0. The van der Waals surface area contributed by atoms with Crippen molar-refractivity contribution in [2.45, 2.75) is 19.8 Å². The maximum atomic E-state index is 12.2. The van der Waals surface area contributed by atoms with Gasteiger partial charge in [-0.25, -0.2) is 0 Å². The zero-order valence-electron chi connectivity index (χ0n) is 11.9. The average Bonchev–Trinajstić information content (AvgIpc) is 2.79. The molecule has 1 aromatic carbocycles. The minimum absolute atomic E-state index is 0.124. The van der Waals surface area contributed by atoms with Crippen LogP contribution in [0, 0.1) is 5.92 Å². The van der Waals surface area contributed by atoms with Gasteiger partial charge in [-0.2, -0.15) is 0 Å². The van der Waals surface area contributed by atoms with Crippen LogP contribution in [0.25, 0.3) is 10.1 Å². The number of aliphatic hydroxyl groups is 1. The van der Waals surface area contributed by atoms with E-state index in [1.165, 1.54) is 11.3 Å². The molecule has 0 radical (unpaired) electrons. The molecule has 6 heteroatoms. The summed E-state index contributed by atoms with van der Waals surface area (Å²) in [5.74, 6) is 0.148. The molecule has 1 atom stereocenters. The fourth-order valence-electron chi connectivity index (χ4n) is 2.08. The van der Waals surface area contributed by atoms with Gasteiger partial charge in [0, 0.05) is 27.7 Å². The van der Waals surface area contributed by atoms with E-state index in [0.29, 0.717) is 17.1 Å². The van der Waals surface area contributed by atoms with Crippen molar-refractivity contribution in [2.75, 3.05) is 18.9 Å². The van der Waals surface area contributed by atoms with Crippen molar-refractivity contribution in [1.29, 1.82) is 0 Å². The predicted octanol–water partition coefficient (Wildman–Crippen LogP) is 3.38. The van der Waals surface area contributed by atoms with Crippen molar-refractivity contribution in [1.82, 2.24) is 5.32 Å². The summed E-state index contributed by atoms with van der Waals surface area (Å²) in [6.45, 7) is 2.77. The molecule has 0 fully saturated rings. The largest absolute Gasteiger partial charge is 0.397 e. The Morgan fingerprint density at radius 3 is 3.00 bits per heavy atom. The van der Waals surface area contributed by atoms with E-state index in [9.17, 15) is 4.79 Å². The Morgan fingerprint density at radius 1 is 1.52 bits per heavy atom. The number of benzene rings is 1. The van der Waals surface area contributed by atoms with E-state index < -0.39 is 0 Å². The number of nitrogens with one attached hydrogen (secondary N) is 1. The van der Waals surface area contributed by atoms with Gasteiger partial charge in [0.05, 0.1) is 5.69 Å². The first-order valence-corrected chi connectivity index (χ1v) is 8.50. The molecule has 0 saturated heterocycles. The Balaban J connectivity index is 2.01. The fraction of sp³-hybridized carbons (Fsp3) is 0.400. The molecule has 21 heavy (non-hydrogen) atoms. The van der Waals surface area contributed by atoms with Crippen LogP contribution in [0.5, 0.6) is 0 Å². The number of nitrogen functional groups attached to an aromatic ring is 1. The third-order valence-corrected chi connectivity index (χ3v) is 5.03. The second-order valence-corrected chi connectivity index (χ2v) is 7.14. The highest BCUT2D eigenvalue weighted by atomic mass is 79.9. The third-order valence-electron chi connectivity index (χ3n) is 3.37. The second-order valence-electron chi connectivity index (χ2n) is 5.17. The zero-order valence-corrected chi connectivity index (χ0v) is 14.3. The highest BCUT2D eigenvalue weighted by Gasteiger charge is 2.16. The topological polar surface area (TPSA) is 75.3 Å². The molecule has 0 saturated carbocycles. The summed E-state index contributed by atoms with van der Waals surface area (Å²) in [4.78, 5) is 12.8. The first-order valence-electron chi connectivity index (χ1n) is 6.89. The number of hydrogen-bond donors (Lipinski definition) is 3. The molecule has 1 aromatic heterocycles. The van der Waals surface area contributed by atoms with E-state index in [4.69, 9.17) is 10.8 Å². The summed E-state index contributed by atoms with van der Waals surface area (Å²) >= 11 is 4.83. The molecular weight excluding hydrogens is 352 g/mol. The van der Waals surface area contributed by atoms with Gasteiger partial charge in [0.1, 0.15) is 4.88 Å². The first-order chi connectivity index (χ1) is 10.0. The molecule has 0 bridgehead atoms. The Kier molecular flexibility index (Phi) is 5.61. The smallest absolute Gasteiger partial charge is 0.263 e. The lowest BCUT2D eigenvalue weighted by atomic mass is 10.1. The number of anilines is 1. The summed E-state index contributed by atoms with van der Waals surface area (Å²) in [6.07, 6.45) is 1.75. The average molecular weight is 371 g/mol. The van der Waals surface area contributed by atoms with Crippen LogP contribution < -0.4 is 11.1 Å². The molecule has 0 aliphatic heterocycles. The maximum Gasteiger partial charge on any atom is 0.263 e. The van der Waals surface area contributed by atoms with Crippen LogP contribution in [-0.2, 0) is 0 Å². The molecule has 1 amide bonds. The van der Waals surface area contributed by atoms with Crippen LogP contribution in [0.1, 0.15) is 29.4 Å². The number of amides is 1. The molecule has 2 aromatic rings. The van der Waals surface area contributed by atoms with Crippen LogP contribution in [0.15, 0.2) is 22.7 Å². The molecule has 4 N–H and O–H groups in total. The van der Waals surface area contributed by atoms with E-state index in [1.54, 1.807) is 0 Å². The van der Waals surface area contributed by atoms with Crippen molar-refractivity contribution in [3.05, 3.63) is 27.5 Å². The number of nitrogens with two attached hydrogens (primary N) is 1. The summed E-state index contributed by atoms with van der Waals surface area (Å²) in [5, 5.41) is 12.8. The van der Waals surface area contributed by atoms with Crippen molar-refractivity contribution in [3.8, 4) is 0 Å². The number of carbonyl (C=O) groups excluding carboxylic acids is 1. The van der Waals surface area contributed by atoms with Crippen LogP contribution >= 0.6 is 27.3 Å². The molecule has 4 nitrogen and oxygen atoms in total. The van der Waals surface area contributed by atoms with E-state index in [-0.39, 0.29) is 18.4 Å². The molecule has 1 heterocycles. The van der Waals surface area contributed by atoms with Crippen LogP contribution in [0.2, 0.25) is 0 Å². The lowest BCUT2D eigenvalue weighted by Gasteiger charge is -2.08. The van der Waals surface area contributed by atoms with Gasteiger partial charge in [0.25, 0.3) is 5.91 Å². The predicted molar refractivity (Wildman–Crippen MR) is 91.8 cm³/mol. The Labute approximate surface area is 136 Å². The van der Waals surface area contributed by atoms with Gasteiger partial charge >= 0.3 is 0 Å². The Bertz CT molecular complexity index is 642. The van der Waals surface area contributed by atoms with Crippen LogP contribution in [-0.4, -0.2) is 24.2 Å². The number of rotatable bonds is 6. The van der Waals surface area contributed by atoms with Crippen LogP contribution in [0.3, 0.4) is 0 Å². The van der Waals surface area contributed by atoms with Crippen molar-refractivity contribution >= 4 is 48.9 Å². The number of halogens is 1. The van der Waals surface area contributed by atoms with E-state index >= 15 is 0 Å². The number of hydrogen-bond acceptors (Lipinski definition) is 4. The van der Waals surface area contributed by atoms with E-state index in [1.807, 2.05) is 25.1 Å². The summed E-state index contributed by atoms with van der Waals surface area (Å²) in [5.41, 5.74) is 6.61. The molecule has 0 spiro atoms. The standard InChI is InChI=1S/C15H19BrN2O2S/c1-9(8-19)3-2-6-18-15(20)14-13(17)11-5-4-10(16)7-12(11)21-14/h4-5,7,9,19H,2-3,6,8,17H2,1H3,(H,18,20). The van der Waals surface area contributed by atoms with E-state index in [0.717, 1.165) is 27.4 Å². The third kappa shape index (κ3) is 3.96. The van der Waals surface area contributed by atoms with Crippen molar-refractivity contribution in [2.24, 2.45) is 5.92 Å². The summed E-state index contributed by atoms with van der Waals surface area (Å²) < 4.78 is 1.97. The maximum absolute atomic E-state index is 12.2. The number of fused-ring (bicyclic) bond motifs is 1. The van der Waals surface area contributed by atoms with Crippen molar-refractivity contribution < 1.29 is 9.90 Å². The van der Waals surface area contributed by atoms with Gasteiger partial charge in [0.2, 0.25) is 0 Å². The minimum Gasteiger partial charge on any atom is -0.397 e. The van der Waals surface area contributed by atoms with Crippen molar-refractivity contribution in [3.63, 3.8) is 0 Å². The highest BCUT2D eigenvalue weighted by Crippen LogP contribution is 2.35. The van der Waals surface area contributed by atoms with Gasteiger partial charge in [-0.05, 0) is 30.9 Å². The molecule has 1 unspecified atom stereocenters. The quantitative estimate of drug-likeness (QED) is 0.682. The number of carbonyl (C=O) groups is 1. The number of thiophene rings is 1. The van der Waals surface area contributed by atoms with Crippen LogP contribution in [0.4, 0.5) is 5.69 Å². The van der Waals surface area contributed by atoms with E-state index in [2.05, 4.69) is 21.2 Å². The monoisotopic (exact) mass is 370 g/mol. The van der Waals surface area contributed by atoms with Gasteiger partial charge in [-0.1, -0.05) is 28.9 Å². The molecule has 114 valence electrons. The van der Waals surface area contributed by atoms with Gasteiger partial charge in [-0.3, -0.25) is 4.79 Å². The first kappa shape index (κ1) is 16.3. The molecule has 0 aliphatic rings. The molecule has 0 aliphatic carbocycles. The zero-order chi connectivity index (χ0) is 15.4. The fourth-order valence-corrected chi connectivity index (χ4v) is 3.67. The lowest BCUT2D eigenvalue weighted by Crippen LogP contribution is -2.24. The SMILES string of the molecule is CC(CO)CCCNC(=O)c1sc2cc(Br)ccc2c1N. The van der Waals surface area contributed by atoms with Gasteiger partial charge in [0.15, 0.2) is 0 Å². The molecule has 2 rings (SSSR count). The van der Waals surface area contributed by atoms with Gasteiger partial charge < -0.3 is 16.2 Å². The highest BCUT2D eigenvalue weighted by molar-refractivity contribution is 9.10. The number of aliphatic hydroxyl groups excluding tert-OH is 1. The lowest BCUT2D eigenvalue weighted by molar-refractivity contribution is 0.0957. The Morgan fingerprint density at radius 2 is 2.29 bits per heavy atom. The molecular formula is C15H19BrN2O2S. The minimum atomic E-state index is -0.124. The second kappa shape index (κ2) is 7.24. The van der Waals surface area contributed by atoms with Gasteiger partial charge in [-0.15, -0.1) is 11.3 Å². The normalized spacial score (nSPS) is 12.5. The Hall–Kier alpha value is -1.11. The summed E-state index contributed by atoms with van der Waals surface area (Å²) in [6, 6.07) is 5.81.